The van der Waals surface area contributed by atoms with Gasteiger partial charge in [-0.1, -0.05) is 25.1 Å². The van der Waals surface area contributed by atoms with Crippen molar-refractivity contribution < 1.29 is 4.42 Å². The molecule has 1 aliphatic rings. The zero-order valence-electron chi connectivity index (χ0n) is 10.5. The van der Waals surface area contributed by atoms with Crippen LogP contribution in [-0.4, -0.2) is 6.54 Å². The maximum atomic E-state index is 6.11. The highest BCUT2D eigenvalue weighted by Gasteiger charge is 2.36. The number of hydrogen-bond acceptors (Lipinski definition) is 2. The molecule has 1 aromatic carbocycles. The van der Waals surface area contributed by atoms with Crippen molar-refractivity contribution in [2.45, 2.75) is 38.6 Å². The molecule has 1 aromatic heterocycles. The molecular formula is C15H19NO. The minimum Gasteiger partial charge on any atom is -0.459 e. The number of hydrogen-bond donors (Lipinski definition) is 1. The van der Waals surface area contributed by atoms with Crippen molar-refractivity contribution in [2.75, 3.05) is 6.54 Å². The van der Waals surface area contributed by atoms with Crippen LogP contribution >= 0.6 is 0 Å². The van der Waals surface area contributed by atoms with Crippen LogP contribution in [0.25, 0.3) is 11.0 Å². The van der Waals surface area contributed by atoms with Crippen molar-refractivity contribution in [3.63, 3.8) is 0 Å². The van der Waals surface area contributed by atoms with E-state index in [1.165, 1.54) is 23.8 Å². The Morgan fingerprint density at radius 3 is 2.94 bits per heavy atom. The highest BCUT2D eigenvalue weighted by molar-refractivity contribution is 5.81. The second-order valence-electron chi connectivity index (χ2n) is 5.07. The van der Waals surface area contributed by atoms with Crippen LogP contribution in [0.2, 0.25) is 0 Å². The van der Waals surface area contributed by atoms with Crippen LogP contribution in [0.5, 0.6) is 0 Å². The Morgan fingerprint density at radius 1 is 1.41 bits per heavy atom. The first kappa shape index (κ1) is 10.8. The number of rotatable bonds is 2. The quantitative estimate of drug-likeness (QED) is 0.848. The fourth-order valence-electron chi connectivity index (χ4n) is 2.94. The molecular weight excluding hydrogens is 210 g/mol. The first-order valence-electron chi connectivity index (χ1n) is 6.50. The molecule has 1 unspecified atom stereocenters. The monoisotopic (exact) mass is 229 g/mol. The standard InChI is InChI=1S/C15H19NO/c1-3-15(8-5-9-16-15)13-10-12-7-4-6-11(2)14(12)17-13/h4,6-7,10,16H,3,5,8-9H2,1-2H3. The summed E-state index contributed by atoms with van der Waals surface area (Å²) < 4.78 is 6.11. The Labute approximate surface area is 102 Å². The Hall–Kier alpha value is -1.28. The molecule has 0 spiro atoms. The summed E-state index contributed by atoms with van der Waals surface area (Å²) in [5.41, 5.74) is 2.34. The summed E-state index contributed by atoms with van der Waals surface area (Å²) in [6.45, 7) is 5.44. The molecule has 2 heteroatoms. The Morgan fingerprint density at radius 2 is 2.29 bits per heavy atom. The molecule has 1 fully saturated rings. The molecule has 2 aromatic rings. The smallest absolute Gasteiger partial charge is 0.137 e. The van der Waals surface area contributed by atoms with Crippen LogP contribution < -0.4 is 5.32 Å². The molecule has 2 heterocycles. The molecule has 0 bridgehead atoms. The lowest BCUT2D eigenvalue weighted by Gasteiger charge is -2.25. The van der Waals surface area contributed by atoms with Gasteiger partial charge in [-0.05, 0) is 44.4 Å². The van der Waals surface area contributed by atoms with Gasteiger partial charge in [-0.15, -0.1) is 0 Å². The number of aryl methyl sites for hydroxylation is 1. The van der Waals surface area contributed by atoms with Crippen LogP contribution in [0.1, 0.15) is 37.5 Å². The lowest BCUT2D eigenvalue weighted by Crippen LogP contribution is -2.35. The van der Waals surface area contributed by atoms with E-state index in [4.69, 9.17) is 4.42 Å². The highest BCUT2D eigenvalue weighted by Crippen LogP contribution is 2.37. The van der Waals surface area contributed by atoms with Crippen molar-refractivity contribution in [2.24, 2.45) is 0 Å². The maximum absolute atomic E-state index is 6.11. The van der Waals surface area contributed by atoms with Gasteiger partial charge in [-0.3, -0.25) is 0 Å². The highest BCUT2D eigenvalue weighted by atomic mass is 16.3. The van der Waals surface area contributed by atoms with Crippen LogP contribution in [0.4, 0.5) is 0 Å². The van der Waals surface area contributed by atoms with Gasteiger partial charge < -0.3 is 9.73 Å². The first-order valence-corrected chi connectivity index (χ1v) is 6.50. The van der Waals surface area contributed by atoms with Crippen LogP contribution in [0.3, 0.4) is 0 Å². The molecule has 90 valence electrons. The summed E-state index contributed by atoms with van der Waals surface area (Å²) in [5, 5.41) is 4.85. The van der Waals surface area contributed by atoms with Gasteiger partial charge in [-0.2, -0.15) is 0 Å². The molecule has 3 rings (SSSR count). The average molecular weight is 229 g/mol. The molecule has 1 aliphatic heterocycles. The number of furan rings is 1. The molecule has 1 saturated heterocycles. The number of fused-ring (bicyclic) bond motifs is 1. The minimum absolute atomic E-state index is 0.0749. The SMILES string of the molecule is CCC1(c2cc3cccc(C)c3o2)CCCN1. The van der Waals surface area contributed by atoms with E-state index in [1.54, 1.807) is 0 Å². The zero-order chi connectivity index (χ0) is 11.9. The Kier molecular flexibility index (Phi) is 2.48. The number of para-hydroxylation sites is 1. The lowest BCUT2D eigenvalue weighted by atomic mass is 9.91. The van der Waals surface area contributed by atoms with Gasteiger partial charge in [0, 0.05) is 5.39 Å². The first-order chi connectivity index (χ1) is 8.25. The predicted molar refractivity (Wildman–Crippen MR) is 70.2 cm³/mol. The largest absolute Gasteiger partial charge is 0.459 e. The topological polar surface area (TPSA) is 25.2 Å². The molecule has 17 heavy (non-hydrogen) atoms. The van der Waals surface area contributed by atoms with Crippen LogP contribution in [0, 0.1) is 6.92 Å². The van der Waals surface area contributed by atoms with Gasteiger partial charge >= 0.3 is 0 Å². The fraction of sp³-hybridized carbons (Fsp3) is 0.467. The molecule has 0 radical (unpaired) electrons. The van der Waals surface area contributed by atoms with Crippen molar-refractivity contribution in [3.8, 4) is 0 Å². The minimum atomic E-state index is 0.0749. The Bertz CT molecular complexity index is 535. The zero-order valence-corrected chi connectivity index (χ0v) is 10.5. The van der Waals surface area contributed by atoms with Crippen molar-refractivity contribution >= 4 is 11.0 Å². The molecule has 0 aliphatic carbocycles. The van der Waals surface area contributed by atoms with Gasteiger partial charge in [0.2, 0.25) is 0 Å². The van der Waals surface area contributed by atoms with Gasteiger partial charge in [0.25, 0.3) is 0 Å². The Balaban J connectivity index is 2.14. The molecule has 1 N–H and O–H groups in total. The van der Waals surface area contributed by atoms with Crippen LogP contribution in [0.15, 0.2) is 28.7 Å². The summed E-state index contributed by atoms with van der Waals surface area (Å²) in [7, 11) is 0. The van der Waals surface area contributed by atoms with E-state index in [-0.39, 0.29) is 5.54 Å². The third-order valence-corrected chi connectivity index (χ3v) is 4.06. The molecule has 2 nitrogen and oxygen atoms in total. The maximum Gasteiger partial charge on any atom is 0.137 e. The third kappa shape index (κ3) is 1.59. The number of benzene rings is 1. The predicted octanol–water partition coefficient (Wildman–Crippen LogP) is 3.73. The number of nitrogens with one attached hydrogen (secondary N) is 1. The van der Waals surface area contributed by atoms with Gasteiger partial charge in [0.15, 0.2) is 0 Å². The summed E-state index contributed by atoms with van der Waals surface area (Å²) in [6, 6.07) is 8.55. The van der Waals surface area contributed by atoms with Crippen LogP contribution in [-0.2, 0) is 5.54 Å². The average Bonchev–Trinajstić information content (AvgIpc) is 2.96. The van der Waals surface area contributed by atoms with E-state index in [0.717, 1.165) is 24.3 Å². The van der Waals surface area contributed by atoms with Crippen molar-refractivity contribution in [1.82, 2.24) is 5.32 Å². The van der Waals surface area contributed by atoms with E-state index < -0.39 is 0 Å². The summed E-state index contributed by atoms with van der Waals surface area (Å²) in [4.78, 5) is 0. The normalized spacial score (nSPS) is 24.6. The lowest BCUT2D eigenvalue weighted by molar-refractivity contribution is 0.305. The van der Waals surface area contributed by atoms with E-state index in [0.29, 0.717) is 0 Å². The fourth-order valence-corrected chi connectivity index (χ4v) is 2.94. The van der Waals surface area contributed by atoms with E-state index in [1.807, 2.05) is 0 Å². The molecule has 0 saturated carbocycles. The van der Waals surface area contributed by atoms with E-state index in [2.05, 4.69) is 43.4 Å². The van der Waals surface area contributed by atoms with E-state index >= 15 is 0 Å². The van der Waals surface area contributed by atoms with Gasteiger partial charge in [-0.25, -0.2) is 0 Å². The third-order valence-electron chi connectivity index (χ3n) is 4.06. The van der Waals surface area contributed by atoms with Crippen molar-refractivity contribution in [3.05, 3.63) is 35.6 Å². The second kappa shape index (κ2) is 3.88. The van der Waals surface area contributed by atoms with Gasteiger partial charge in [0.05, 0.1) is 5.54 Å². The van der Waals surface area contributed by atoms with Crippen molar-refractivity contribution in [1.29, 1.82) is 0 Å². The van der Waals surface area contributed by atoms with E-state index in [9.17, 15) is 0 Å². The molecule has 0 amide bonds. The summed E-state index contributed by atoms with van der Waals surface area (Å²) >= 11 is 0. The molecule has 1 atom stereocenters. The van der Waals surface area contributed by atoms with Gasteiger partial charge in [0.1, 0.15) is 11.3 Å². The summed E-state index contributed by atoms with van der Waals surface area (Å²) in [5.74, 6) is 1.11. The summed E-state index contributed by atoms with van der Waals surface area (Å²) in [6.07, 6.45) is 3.51. The second-order valence-corrected chi connectivity index (χ2v) is 5.07.